The Morgan fingerprint density at radius 3 is 2.76 bits per heavy atom. The molecule has 0 bridgehead atoms. The number of para-hydroxylation sites is 2. The molecule has 1 saturated heterocycles. The summed E-state index contributed by atoms with van der Waals surface area (Å²) in [4.78, 5) is 26.5. The SMILES string of the molecule is Cc1ncsc1CCC(=O)N1CCN(c2nc3ccccc3o2)CC1. The summed E-state index contributed by atoms with van der Waals surface area (Å²) < 4.78 is 5.82. The van der Waals surface area contributed by atoms with E-state index < -0.39 is 0 Å². The third-order valence-electron chi connectivity index (χ3n) is 4.60. The number of thiazole rings is 1. The maximum absolute atomic E-state index is 12.4. The summed E-state index contributed by atoms with van der Waals surface area (Å²) >= 11 is 1.63. The van der Waals surface area contributed by atoms with Gasteiger partial charge in [-0.1, -0.05) is 12.1 Å². The van der Waals surface area contributed by atoms with Crippen LogP contribution in [0.3, 0.4) is 0 Å². The van der Waals surface area contributed by atoms with Crippen molar-refractivity contribution in [2.75, 3.05) is 31.1 Å². The number of carbonyl (C=O) groups excluding carboxylic acids is 1. The first kappa shape index (κ1) is 16.1. The Bertz CT molecular complexity index is 847. The van der Waals surface area contributed by atoms with Gasteiger partial charge in [0.05, 0.1) is 11.2 Å². The highest BCUT2D eigenvalue weighted by atomic mass is 32.1. The number of aryl methyl sites for hydroxylation is 2. The summed E-state index contributed by atoms with van der Waals surface area (Å²) in [5.74, 6) is 0.213. The molecule has 0 spiro atoms. The average Bonchev–Trinajstić information content (AvgIpc) is 3.25. The lowest BCUT2D eigenvalue weighted by molar-refractivity contribution is -0.131. The summed E-state index contributed by atoms with van der Waals surface area (Å²) in [5.41, 5.74) is 4.55. The summed E-state index contributed by atoms with van der Waals surface area (Å²) in [7, 11) is 0. The van der Waals surface area contributed by atoms with Crippen LogP contribution in [-0.4, -0.2) is 47.0 Å². The number of piperazine rings is 1. The summed E-state index contributed by atoms with van der Waals surface area (Å²) in [6.45, 7) is 4.91. The minimum atomic E-state index is 0.213. The number of benzene rings is 1. The van der Waals surface area contributed by atoms with E-state index in [1.54, 1.807) is 11.3 Å². The van der Waals surface area contributed by atoms with Crippen LogP contribution in [0.1, 0.15) is 17.0 Å². The number of anilines is 1. The monoisotopic (exact) mass is 356 g/mol. The molecule has 1 aromatic carbocycles. The average molecular weight is 356 g/mol. The van der Waals surface area contributed by atoms with Crippen molar-refractivity contribution in [3.05, 3.63) is 40.3 Å². The number of carbonyl (C=O) groups is 1. The first-order chi connectivity index (χ1) is 12.2. The molecule has 7 heteroatoms. The van der Waals surface area contributed by atoms with Gasteiger partial charge in [0.1, 0.15) is 5.52 Å². The van der Waals surface area contributed by atoms with Crippen LogP contribution >= 0.6 is 11.3 Å². The van der Waals surface area contributed by atoms with E-state index in [1.165, 1.54) is 4.88 Å². The fraction of sp³-hybridized carbons (Fsp3) is 0.389. The standard InChI is InChI=1S/C18H20N4O2S/c1-13-16(25-12-19-13)6-7-17(23)21-8-10-22(11-9-21)18-20-14-4-2-3-5-15(14)24-18/h2-5,12H,6-11H2,1H3. The molecule has 130 valence electrons. The van der Waals surface area contributed by atoms with Gasteiger partial charge in [0.15, 0.2) is 5.58 Å². The molecular weight excluding hydrogens is 336 g/mol. The highest BCUT2D eigenvalue weighted by Crippen LogP contribution is 2.23. The molecule has 3 aromatic rings. The fourth-order valence-electron chi connectivity index (χ4n) is 3.09. The van der Waals surface area contributed by atoms with Gasteiger partial charge in [-0.3, -0.25) is 4.79 Å². The Morgan fingerprint density at radius 1 is 1.24 bits per heavy atom. The summed E-state index contributed by atoms with van der Waals surface area (Å²) in [5, 5.41) is 0. The van der Waals surface area contributed by atoms with Gasteiger partial charge >= 0.3 is 0 Å². The Labute approximate surface area is 150 Å². The van der Waals surface area contributed by atoms with E-state index in [1.807, 2.05) is 41.6 Å². The van der Waals surface area contributed by atoms with Gasteiger partial charge in [-0.25, -0.2) is 4.98 Å². The second-order valence-electron chi connectivity index (χ2n) is 6.19. The number of nitrogens with zero attached hydrogens (tertiary/aromatic N) is 4. The molecule has 1 fully saturated rings. The minimum absolute atomic E-state index is 0.213. The van der Waals surface area contributed by atoms with Gasteiger partial charge in [-0.05, 0) is 25.5 Å². The molecule has 0 atom stereocenters. The van der Waals surface area contributed by atoms with Crippen LogP contribution in [0, 0.1) is 6.92 Å². The van der Waals surface area contributed by atoms with Crippen molar-refractivity contribution < 1.29 is 9.21 Å². The summed E-state index contributed by atoms with van der Waals surface area (Å²) in [6.07, 6.45) is 1.33. The highest BCUT2D eigenvalue weighted by molar-refractivity contribution is 7.09. The lowest BCUT2D eigenvalue weighted by Crippen LogP contribution is -2.49. The molecule has 0 saturated carbocycles. The van der Waals surface area contributed by atoms with E-state index in [9.17, 15) is 4.79 Å². The lowest BCUT2D eigenvalue weighted by Gasteiger charge is -2.33. The number of aromatic nitrogens is 2. The van der Waals surface area contributed by atoms with Gasteiger partial charge in [0, 0.05) is 37.5 Å². The fourth-order valence-corrected chi connectivity index (χ4v) is 3.87. The Balaban J connectivity index is 1.33. The van der Waals surface area contributed by atoms with Crippen LogP contribution in [-0.2, 0) is 11.2 Å². The molecule has 0 aliphatic carbocycles. The molecule has 1 aliphatic heterocycles. The van der Waals surface area contributed by atoms with E-state index in [0.717, 1.165) is 36.3 Å². The smallest absolute Gasteiger partial charge is 0.298 e. The first-order valence-corrected chi connectivity index (χ1v) is 9.36. The third kappa shape index (κ3) is 3.37. The molecule has 3 heterocycles. The molecule has 0 unspecified atom stereocenters. The molecule has 4 rings (SSSR count). The maximum Gasteiger partial charge on any atom is 0.298 e. The molecule has 1 aliphatic rings. The molecule has 0 N–H and O–H groups in total. The van der Waals surface area contributed by atoms with Crippen molar-refractivity contribution in [1.29, 1.82) is 0 Å². The number of rotatable bonds is 4. The van der Waals surface area contributed by atoms with E-state index in [2.05, 4.69) is 14.9 Å². The Morgan fingerprint density at radius 2 is 2.04 bits per heavy atom. The quantitative estimate of drug-likeness (QED) is 0.719. The van der Waals surface area contributed by atoms with E-state index in [4.69, 9.17) is 4.42 Å². The Kier molecular flexibility index (Phi) is 4.40. The number of fused-ring (bicyclic) bond motifs is 1. The zero-order valence-corrected chi connectivity index (χ0v) is 15.0. The van der Waals surface area contributed by atoms with Gasteiger partial charge in [0.2, 0.25) is 5.91 Å². The van der Waals surface area contributed by atoms with Crippen LogP contribution in [0.15, 0.2) is 34.2 Å². The number of hydrogen-bond donors (Lipinski definition) is 0. The summed E-state index contributed by atoms with van der Waals surface area (Å²) in [6, 6.07) is 8.42. The largest absolute Gasteiger partial charge is 0.423 e. The highest BCUT2D eigenvalue weighted by Gasteiger charge is 2.24. The Hall–Kier alpha value is -2.41. The molecule has 2 aromatic heterocycles. The molecular formula is C18H20N4O2S. The van der Waals surface area contributed by atoms with Crippen molar-refractivity contribution in [3.8, 4) is 0 Å². The lowest BCUT2D eigenvalue weighted by atomic mass is 10.2. The molecule has 1 amide bonds. The van der Waals surface area contributed by atoms with Crippen molar-refractivity contribution in [1.82, 2.24) is 14.9 Å². The zero-order chi connectivity index (χ0) is 17.2. The second-order valence-corrected chi connectivity index (χ2v) is 7.13. The van der Waals surface area contributed by atoms with E-state index in [0.29, 0.717) is 25.5 Å². The van der Waals surface area contributed by atoms with Gasteiger partial charge in [-0.2, -0.15) is 4.98 Å². The van der Waals surface area contributed by atoms with E-state index in [-0.39, 0.29) is 5.91 Å². The topological polar surface area (TPSA) is 62.5 Å². The maximum atomic E-state index is 12.4. The van der Waals surface area contributed by atoms with Crippen molar-refractivity contribution in [2.45, 2.75) is 19.8 Å². The molecule has 0 radical (unpaired) electrons. The first-order valence-electron chi connectivity index (χ1n) is 8.48. The van der Waals surface area contributed by atoms with Crippen LogP contribution in [0.2, 0.25) is 0 Å². The van der Waals surface area contributed by atoms with Crippen molar-refractivity contribution in [2.24, 2.45) is 0 Å². The predicted molar refractivity (Wildman–Crippen MR) is 98.0 cm³/mol. The van der Waals surface area contributed by atoms with Crippen molar-refractivity contribution in [3.63, 3.8) is 0 Å². The van der Waals surface area contributed by atoms with Gasteiger partial charge in [0.25, 0.3) is 6.01 Å². The number of hydrogen-bond acceptors (Lipinski definition) is 6. The van der Waals surface area contributed by atoms with Crippen LogP contribution < -0.4 is 4.90 Å². The minimum Gasteiger partial charge on any atom is -0.423 e. The molecule has 6 nitrogen and oxygen atoms in total. The van der Waals surface area contributed by atoms with Gasteiger partial charge in [-0.15, -0.1) is 11.3 Å². The van der Waals surface area contributed by atoms with Crippen LogP contribution in [0.25, 0.3) is 11.1 Å². The van der Waals surface area contributed by atoms with Crippen LogP contribution in [0.4, 0.5) is 6.01 Å². The number of amides is 1. The third-order valence-corrected chi connectivity index (χ3v) is 5.59. The normalized spacial score (nSPS) is 15.1. The molecule has 25 heavy (non-hydrogen) atoms. The van der Waals surface area contributed by atoms with Gasteiger partial charge < -0.3 is 14.2 Å². The number of oxazole rings is 1. The van der Waals surface area contributed by atoms with Crippen molar-refractivity contribution >= 4 is 34.4 Å². The predicted octanol–water partition coefficient (Wildman–Crippen LogP) is 2.87. The second kappa shape index (κ2) is 6.84. The zero-order valence-electron chi connectivity index (χ0n) is 14.1. The van der Waals surface area contributed by atoms with E-state index >= 15 is 0 Å². The van der Waals surface area contributed by atoms with Crippen LogP contribution in [0.5, 0.6) is 0 Å².